The van der Waals surface area contributed by atoms with Crippen molar-refractivity contribution >= 4 is 0 Å². The summed E-state index contributed by atoms with van der Waals surface area (Å²) in [5.74, 6) is 2.52. The van der Waals surface area contributed by atoms with Crippen molar-refractivity contribution in [2.45, 2.75) is 124 Å². The van der Waals surface area contributed by atoms with E-state index >= 15 is 0 Å². The number of rotatable bonds is 21. The second-order valence-electron chi connectivity index (χ2n) is 10.4. The number of ether oxygens (including phenoxy) is 1. The molecule has 192 valence electrons. The number of aliphatic hydroxyl groups is 4. The summed E-state index contributed by atoms with van der Waals surface area (Å²) in [7, 11) is 0. The maximum atomic E-state index is 9.68. The summed E-state index contributed by atoms with van der Waals surface area (Å²) in [6.45, 7) is 11.5. The van der Waals surface area contributed by atoms with Gasteiger partial charge in [0.05, 0.1) is 13.2 Å². The Morgan fingerprint density at radius 1 is 0.781 bits per heavy atom. The molecule has 0 radical (unpaired) electrons. The van der Waals surface area contributed by atoms with Gasteiger partial charge in [-0.3, -0.25) is 0 Å². The highest BCUT2D eigenvalue weighted by Gasteiger charge is 2.23. The molecule has 5 atom stereocenters. The molecule has 5 nitrogen and oxygen atoms in total. The van der Waals surface area contributed by atoms with Crippen LogP contribution < -0.4 is 0 Å². The minimum Gasteiger partial charge on any atom is -0.394 e. The van der Waals surface area contributed by atoms with Crippen molar-refractivity contribution in [3.8, 4) is 0 Å². The Kier molecular flexibility index (Phi) is 19.7. The van der Waals surface area contributed by atoms with Crippen LogP contribution in [0.1, 0.15) is 105 Å². The standard InChI is InChI=1S/C27H54O5/c1-21(2)11-8-13-23(4)15-10-17-24(5)16-9-14-22(3)12-6-7-18-32-20-26(30)27(31)25(29)19-28/h12,21,23-31H,6-11,13-20H2,1-5H3. The van der Waals surface area contributed by atoms with Gasteiger partial charge in [-0.2, -0.15) is 0 Å². The molecule has 0 amide bonds. The van der Waals surface area contributed by atoms with Gasteiger partial charge in [0.2, 0.25) is 0 Å². The van der Waals surface area contributed by atoms with Gasteiger partial charge in [-0.15, -0.1) is 0 Å². The molecule has 0 saturated heterocycles. The summed E-state index contributed by atoms with van der Waals surface area (Å²) in [6.07, 6.45) is 12.1. The average molecular weight is 459 g/mol. The molecular formula is C27H54O5. The van der Waals surface area contributed by atoms with Crippen LogP contribution in [0, 0.1) is 17.8 Å². The Morgan fingerprint density at radius 3 is 1.91 bits per heavy atom. The van der Waals surface area contributed by atoms with E-state index < -0.39 is 24.9 Å². The van der Waals surface area contributed by atoms with Gasteiger partial charge in [-0.1, -0.05) is 84.3 Å². The number of hydrogen-bond donors (Lipinski definition) is 4. The zero-order valence-electron chi connectivity index (χ0n) is 21.6. The lowest BCUT2D eigenvalue weighted by Crippen LogP contribution is -2.41. The fourth-order valence-corrected chi connectivity index (χ4v) is 4.01. The predicted molar refractivity (Wildman–Crippen MR) is 134 cm³/mol. The molecule has 0 spiro atoms. The minimum absolute atomic E-state index is 0.0461. The third-order valence-electron chi connectivity index (χ3n) is 6.39. The van der Waals surface area contributed by atoms with Crippen molar-refractivity contribution in [1.29, 1.82) is 0 Å². The molecule has 0 heterocycles. The lowest BCUT2D eigenvalue weighted by Gasteiger charge is -2.21. The predicted octanol–water partition coefficient (Wildman–Crippen LogP) is 5.24. The van der Waals surface area contributed by atoms with E-state index in [2.05, 4.69) is 40.7 Å². The van der Waals surface area contributed by atoms with Crippen molar-refractivity contribution in [2.24, 2.45) is 17.8 Å². The second kappa shape index (κ2) is 20.0. The second-order valence-corrected chi connectivity index (χ2v) is 10.4. The molecule has 0 aromatic heterocycles. The highest BCUT2D eigenvalue weighted by Crippen LogP contribution is 2.22. The van der Waals surface area contributed by atoms with Crippen LogP contribution in [0.3, 0.4) is 0 Å². The Morgan fingerprint density at radius 2 is 1.34 bits per heavy atom. The molecule has 0 aromatic rings. The topological polar surface area (TPSA) is 90.2 Å². The monoisotopic (exact) mass is 458 g/mol. The smallest absolute Gasteiger partial charge is 0.110 e. The quantitative estimate of drug-likeness (QED) is 0.139. The Hall–Kier alpha value is -0.460. The molecule has 0 rings (SSSR count). The van der Waals surface area contributed by atoms with Crippen molar-refractivity contribution in [1.82, 2.24) is 0 Å². The van der Waals surface area contributed by atoms with E-state index in [0.717, 1.165) is 37.0 Å². The molecule has 0 aliphatic rings. The third-order valence-corrected chi connectivity index (χ3v) is 6.39. The van der Waals surface area contributed by atoms with Gasteiger partial charge < -0.3 is 25.2 Å². The lowest BCUT2D eigenvalue weighted by atomic mass is 9.91. The van der Waals surface area contributed by atoms with Crippen molar-refractivity contribution in [3.05, 3.63) is 11.6 Å². The van der Waals surface area contributed by atoms with E-state index in [4.69, 9.17) is 9.84 Å². The summed E-state index contributed by atoms with van der Waals surface area (Å²) >= 11 is 0. The zero-order valence-corrected chi connectivity index (χ0v) is 21.6. The van der Waals surface area contributed by atoms with Crippen LogP contribution >= 0.6 is 0 Å². The lowest BCUT2D eigenvalue weighted by molar-refractivity contribution is -0.0996. The molecular weight excluding hydrogens is 404 g/mol. The van der Waals surface area contributed by atoms with Crippen LogP contribution in [0.25, 0.3) is 0 Å². The van der Waals surface area contributed by atoms with Gasteiger partial charge in [-0.05, 0) is 50.4 Å². The first-order valence-corrected chi connectivity index (χ1v) is 13.1. The molecule has 32 heavy (non-hydrogen) atoms. The maximum absolute atomic E-state index is 9.68. The average Bonchev–Trinajstić information content (AvgIpc) is 2.74. The molecule has 0 aliphatic carbocycles. The normalized spacial score (nSPS) is 17.4. The summed E-state index contributed by atoms with van der Waals surface area (Å²) in [5, 5.41) is 37.3. The van der Waals surface area contributed by atoms with E-state index in [1.807, 2.05) is 0 Å². The first kappa shape index (κ1) is 31.5. The molecule has 0 bridgehead atoms. The molecule has 0 fully saturated rings. The van der Waals surface area contributed by atoms with Crippen LogP contribution in [0.5, 0.6) is 0 Å². The van der Waals surface area contributed by atoms with Crippen molar-refractivity contribution in [3.63, 3.8) is 0 Å². The Balaban J connectivity index is 3.71. The molecule has 0 saturated carbocycles. The fourth-order valence-electron chi connectivity index (χ4n) is 4.01. The number of aliphatic hydroxyl groups excluding tert-OH is 4. The summed E-state index contributed by atoms with van der Waals surface area (Å²) in [6, 6.07) is 0. The molecule has 5 unspecified atom stereocenters. The van der Waals surface area contributed by atoms with Crippen LogP contribution in [0.2, 0.25) is 0 Å². The molecule has 4 N–H and O–H groups in total. The van der Waals surface area contributed by atoms with Crippen LogP contribution in [-0.2, 0) is 4.74 Å². The molecule has 0 aromatic carbocycles. The number of allylic oxidation sites excluding steroid dienone is 2. The summed E-state index contributed by atoms with van der Waals surface area (Å²) in [4.78, 5) is 0. The van der Waals surface area contributed by atoms with E-state index in [1.54, 1.807) is 0 Å². The first-order chi connectivity index (χ1) is 15.2. The van der Waals surface area contributed by atoms with Crippen molar-refractivity contribution < 1.29 is 25.2 Å². The van der Waals surface area contributed by atoms with Gasteiger partial charge in [0.25, 0.3) is 0 Å². The van der Waals surface area contributed by atoms with Gasteiger partial charge in [0, 0.05) is 6.61 Å². The molecule has 5 heteroatoms. The fraction of sp³-hybridized carbons (Fsp3) is 0.926. The van der Waals surface area contributed by atoms with E-state index in [1.165, 1.54) is 56.9 Å². The number of hydrogen-bond acceptors (Lipinski definition) is 5. The van der Waals surface area contributed by atoms with Crippen LogP contribution in [0.4, 0.5) is 0 Å². The van der Waals surface area contributed by atoms with E-state index in [9.17, 15) is 15.3 Å². The maximum Gasteiger partial charge on any atom is 0.110 e. The first-order valence-electron chi connectivity index (χ1n) is 13.1. The highest BCUT2D eigenvalue weighted by molar-refractivity contribution is 4.97. The largest absolute Gasteiger partial charge is 0.394 e. The van der Waals surface area contributed by atoms with Gasteiger partial charge in [-0.25, -0.2) is 0 Å². The highest BCUT2D eigenvalue weighted by atomic mass is 16.5. The van der Waals surface area contributed by atoms with Crippen LogP contribution in [-0.4, -0.2) is 58.6 Å². The van der Waals surface area contributed by atoms with Crippen LogP contribution in [0.15, 0.2) is 11.6 Å². The Bertz CT molecular complexity index is 451. The summed E-state index contributed by atoms with van der Waals surface area (Å²) in [5.41, 5.74) is 1.43. The van der Waals surface area contributed by atoms with E-state index in [-0.39, 0.29) is 6.61 Å². The van der Waals surface area contributed by atoms with Crippen molar-refractivity contribution in [2.75, 3.05) is 19.8 Å². The summed E-state index contributed by atoms with van der Waals surface area (Å²) < 4.78 is 5.36. The Labute approximate surface area is 198 Å². The molecule has 0 aliphatic heterocycles. The SMILES string of the molecule is CC(=CCCCOCC(O)C(O)C(O)CO)CCCC(C)CCCC(C)CCCC(C)C. The van der Waals surface area contributed by atoms with Gasteiger partial charge >= 0.3 is 0 Å². The van der Waals surface area contributed by atoms with Gasteiger partial charge in [0.1, 0.15) is 18.3 Å². The zero-order chi connectivity index (χ0) is 24.4. The van der Waals surface area contributed by atoms with Gasteiger partial charge in [0.15, 0.2) is 0 Å². The van der Waals surface area contributed by atoms with E-state index in [0.29, 0.717) is 6.61 Å². The minimum atomic E-state index is -1.39. The third kappa shape index (κ3) is 18.0. The number of unbranched alkanes of at least 4 members (excludes halogenated alkanes) is 1.